The number of hydrogen-bond donors (Lipinski definition) is 0. The summed E-state index contributed by atoms with van der Waals surface area (Å²) in [5.74, 6) is -0.129. The molecule has 182 valence electrons. The number of nitrogens with zero attached hydrogens (tertiary/aromatic N) is 5. The maximum absolute atomic E-state index is 12.9. The highest BCUT2D eigenvalue weighted by molar-refractivity contribution is 5.92. The standard InChI is InChI=1S/C24H31N5O5/c1-4-7-8-18-9-10-20(25-15-18)21(30)29-11-14-31-19(16-29)17-34-24-27-22(32-12-5-2)26-23(28-24)33-13-6-3/h5-6,9-10,15,19H,2-4,7-8,11-14,16-17H2,1H3. The molecule has 1 aliphatic heterocycles. The number of morpholine rings is 1. The smallest absolute Gasteiger partial charge is 0.326 e. The van der Waals surface area contributed by atoms with Crippen molar-refractivity contribution in [2.75, 3.05) is 39.5 Å². The number of rotatable bonds is 13. The van der Waals surface area contributed by atoms with Gasteiger partial charge in [-0.25, -0.2) is 0 Å². The Morgan fingerprint density at radius 1 is 1.12 bits per heavy atom. The Hall–Kier alpha value is -3.53. The highest BCUT2D eigenvalue weighted by Crippen LogP contribution is 2.17. The van der Waals surface area contributed by atoms with E-state index in [1.165, 1.54) is 0 Å². The molecular weight excluding hydrogens is 438 g/mol. The summed E-state index contributed by atoms with van der Waals surface area (Å²) in [5, 5.41) is 0. The first-order valence-corrected chi connectivity index (χ1v) is 11.3. The monoisotopic (exact) mass is 469 g/mol. The van der Waals surface area contributed by atoms with Gasteiger partial charge in [-0.3, -0.25) is 9.78 Å². The number of amides is 1. The van der Waals surface area contributed by atoms with E-state index in [1.54, 1.807) is 29.3 Å². The second-order valence-corrected chi connectivity index (χ2v) is 7.59. The maximum atomic E-state index is 12.9. The lowest BCUT2D eigenvalue weighted by Gasteiger charge is -2.32. The molecule has 1 unspecified atom stereocenters. The Morgan fingerprint density at radius 3 is 2.38 bits per heavy atom. The molecule has 1 saturated heterocycles. The zero-order valence-electron chi connectivity index (χ0n) is 19.5. The van der Waals surface area contributed by atoms with E-state index in [2.05, 4.69) is 40.0 Å². The molecule has 0 radical (unpaired) electrons. The lowest BCUT2D eigenvalue weighted by atomic mass is 10.1. The van der Waals surface area contributed by atoms with Crippen LogP contribution in [0.2, 0.25) is 0 Å². The molecule has 0 spiro atoms. The number of hydrogen-bond acceptors (Lipinski definition) is 9. The van der Waals surface area contributed by atoms with Crippen LogP contribution in [-0.4, -0.2) is 76.4 Å². The van der Waals surface area contributed by atoms with Gasteiger partial charge in [0.1, 0.15) is 31.6 Å². The SMILES string of the molecule is C=CCOc1nc(OCC=C)nc(OCC2CN(C(=O)c3ccc(CCCC)cn3)CCO2)n1. The fourth-order valence-electron chi connectivity index (χ4n) is 3.19. The molecule has 2 aromatic rings. The molecule has 0 bridgehead atoms. The Bertz CT molecular complexity index is 923. The second-order valence-electron chi connectivity index (χ2n) is 7.59. The molecule has 3 rings (SSSR count). The van der Waals surface area contributed by atoms with E-state index in [-0.39, 0.29) is 49.9 Å². The summed E-state index contributed by atoms with van der Waals surface area (Å²) in [6.07, 6.45) is 7.76. The largest absolute Gasteiger partial charge is 0.460 e. The molecule has 10 heteroatoms. The number of aryl methyl sites for hydroxylation is 1. The van der Waals surface area contributed by atoms with Gasteiger partial charge in [-0.1, -0.05) is 44.7 Å². The van der Waals surface area contributed by atoms with Gasteiger partial charge < -0.3 is 23.8 Å². The van der Waals surface area contributed by atoms with E-state index >= 15 is 0 Å². The minimum Gasteiger partial charge on any atom is -0.460 e. The quantitative estimate of drug-likeness (QED) is 0.409. The molecule has 2 aromatic heterocycles. The highest BCUT2D eigenvalue weighted by atomic mass is 16.6. The Labute approximate surface area is 199 Å². The number of pyridine rings is 1. The molecule has 10 nitrogen and oxygen atoms in total. The first-order valence-electron chi connectivity index (χ1n) is 11.3. The summed E-state index contributed by atoms with van der Waals surface area (Å²) in [7, 11) is 0. The minimum absolute atomic E-state index is 0.0320. The normalized spacial score (nSPS) is 15.4. The van der Waals surface area contributed by atoms with Crippen molar-refractivity contribution in [3.05, 3.63) is 54.9 Å². The fourth-order valence-corrected chi connectivity index (χ4v) is 3.19. The summed E-state index contributed by atoms with van der Waals surface area (Å²) >= 11 is 0. The van der Waals surface area contributed by atoms with E-state index in [9.17, 15) is 4.79 Å². The van der Waals surface area contributed by atoms with Crippen LogP contribution in [0.15, 0.2) is 43.6 Å². The third-order valence-electron chi connectivity index (χ3n) is 4.92. The van der Waals surface area contributed by atoms with E-state index < -0.39 is 0 Å². The van der Waals surface area contributed by atoms with E-state index in [4.69, 9.17) is 18.9 Å². The van der Waals surface area contributed by atoms with Gasteiger partial charge in [0.15, 0.2) is 0 Å². The van der Waals surface area contributed by atoms with Gasteiger partial charge in [0, 0.05) is 12.7 Å². The molecule has 1 aliphatic rings. The third-order valence-corrected chi connectivity index (χ3v) is 4.92. The van der Waals surface area contributed by atoms with Crippen LogP contribution in [0.3, 0.4) is 0 Å². The van der Waals surface area contributed by atoms with Crippen LogP contribution in [-0.2, 0) is 11.2 Å². The highest BCUT2D eigenvalue weighted by Gasteiger charge is 2.26. The predicted molar refractivity (Wildman–Crippen MR) is 125 cm³/mol. The van der Waals surface area contributed by atoms with Gasteiger partial charge in [-0.05, 0) is 24.5 Å². The van der Waals surface area contributed by atoms with Crippen LogP contribution in [0.1, 0.15) is 35.8 Å². The summed E-state index contributed by atoms with van der Waals surface area (Å²) in [4.78, 5) is 31.3. The molecule has 0 aromatic carbocycles. The topological polar surface area (TPSA) is 109 Å². The summed E-state index contributed by atoms with van der Waals surface area (Å²) in [6.45, 7) is 11.2. The van der Waals surface area contributed by atoms with Crippen LogP contribution >= 0.6 is 0 Å². The Kier molecular flexibility index (Phi) is 9.78. The van der Waals surface area contributed by atoms with Crippen molar-refractivity contribution in [3.63, 3.8) is 0 Å². The predicted octanol–water partition coefficient (Wildman–Crippen LogP) is 2.66. The van der Waals surface area contributed by atoms with Crippen molar-refractivity contribution in [2.24, 2.45) is 0 Å². The second kappa shape index (κ2) is 13.2. The van der Waals surface area contributed by atoms with Gasteiger partial charge in [-0.2, -0.15) is 0 Å². The third kappa shape index (κ3) is 7.51. The number of carbonyl (C=O) groups excluding carboxylic acids is 1. The van der Waals surface area contributed by atoms with Crippen molar-refractivity contribution >= 4 is 5.91 Å². The summed E-state index contributed by atoms with van der Waals surface area (Å²) in [6, 6.07) is 3.90. The van der Waals surface area contributed by atoms with Crippen molar-refractivity contribution < 1.29 is 23.7 Å². The number of ether oxygens (including phenoxy) is 4. The molecule has 1 atom stereocenters. The average Bonchev–Trinajstić information content (AvgIpc) is 2.88. The lowest BCUT2D eigenvalue weighted by Crippen LogP contribution is -2.47. The van der Waals surface area contributed by atoms with Crippen molar-refractivity contribution in [2.45, 2.75) is 32.3 Å². The van der Waals surface area contributed by atoms with Crippen LogP contribution in [0.25, 0.3) is 0 Å². The van der Waals surface area contributed by atoms with Gasteiger partial charge in [0.2, 0.25) is 0 Å². The molecule has 0 N–H and O–H groups in total. The van der Waals surface area contributed by atoms with E-state index in [0.29, 0.717) is 25.4 Å². The average molecular weight is 470 g/mol. The zero-order chi connectivity index (χ0) is 24.2. The van der Waals surface area contributed by atoms with Crippen LogP contribution in [0.4, 0.5) is 0 Å². The number of unbranched alkanes of at least 4 members (excludes halogenated alkanes) is 1. The van der Waals surface area contributed by atoms with E-state index in [1.807, 2.05) is 6.07 Å². The summed E-state index contributed by atoms with van der Waals surface area (Å²) in [5.41, 5.74) is 1.56. The first-order chi connectivity index (χ1) is 16.6. The van der Waals surface area contributed by atoms with Crippen molar-refractivity contribution in [1.29, 1.82) is 0 Å². The van der Waals surface area contributed by atoms with E-state index in [0.717, 1.165) is 24.8 Å². The Morgan fingerprint density at radius 2 is 1.79 bits per heavy atom. The van der Waals surface area contributed by atoms with Gasteiger partial charge in [0.25, 0.3) is 5.91 Å². The molecular formula is C24H31N5O5. The van der Waals surface area contributed by atoms with Crippen molar-refractivity contribution in [1.82, 2.24) is 24.8 Å². The van der Waals surface area contributed by atoms with Crippen LogP contribution in [0, 0.1) is 0 Å². The first kappa shape index (κ1) is 25.1. The molecule has 3 heterocycles. The number of aromatic nitrogens is 4. The molecule has 0 aliphatic carbocycles. The van der Waals surface area contributed by atoms with Gasteiger partial charge >= 0.3 is 18.0 Å². The molecule has 34 heavy (non-hydrogen) atoms. The van der Waals surface area contributed by atoms with Crippen LogP contribution in [0.5, 0.6) is 18.0 Å². The maximum Gasteiger partial charge on any atom is 0.326 e. The minimum atomic E-state index is -0.353. The summed E-state index contributed by atoms with van der Waals surface area (Å²) < 4.78 is 22.2. The molecule has 1 fully saturated rings. The number of carbonyl (C=O) groups is 1. The fraction of sp³-hybridized carbons (Fsp3) is 0.458. The van der Waals surface area contributed by atoms with Gasteiger partial charge in [0.05, 0.1) is 13.2 Å². The molecule has 0 saturated carbocycles. The molecule has 1 amide bonds. The van der Waals surface area contributed by atoms with Crippen LogP contribution < -0.4 is 14.2 Å². The van der Waals surface area contributed by atoms with Gasteiger partial charge in [-0.15, -0.1) is 15.0 Å². The van der Waals surface area contributed by atoms with Crippen molar-refractivity contribution in [3.8, 4) is 18.0 Å². The zero-order valence-corrected chi connectivity index (χ0v) is 19.5. The lowest BCUT2D eigenvalue weighted by molar-refractivity contribution is -0.0417. The Balaban J connectivity index is 1.58.